The lowest BCUT2D eigenvalue weighted by Gasteiger charge is -2.26. The van der Waals surface area contributed by atoms with Crippen LogP contribution < -0.4 is 5.32 Å². The first-order valence-corrected chi connectivity index (χ1v) is 7.64. The molecule has 6 nitrogen and oxygen atoms in total. The number of aromatic nitrogens is 2. The molecule has 0 bridgehead atoms. The Hall–Kier alpha value is -2.63. The summed E-state index contributed by atoms with van der Waals surface area (Å²) in [4.78, 5) is 23.7. The molecule has 0 atom stereocenters. The molecule has 0 fully saturated rings. The number of hydrogen-bond donors (Lipinski definition) is 2. The second-order valence-corrected chi connectivity index (χ2v) is 5.48. The number of carboxylic acid groups (broad SMARTS) is 1. The number of amides is 1. The van der Waals surface area contributed by atoms with Gasteiger partial charge in [-0.3, -0.25) is 9.59 Å². The van der Waals surface area contributed by atoms with Crippen molar-refractivity contribution in [2.45, 2.75) is 26.7 Å². The van der Waals surface area contributed by atoms with Crippen LogP contribution in [0.1, 0.15) is 37.0 Å². The highest BCUT2D eigenvalue weighted by Crippen LogP contribution is 2.25. The third kappa shape index (κ3) is 3.59. The van der Waals surface area contributed by atoms with Crippen LogP contribution in [0.5, 0.6) is 0 Å². The van der Waals surface area contributed by atoms with Crippen LogP contribution in [0, 0.1) is 5.41 Å². The third-order valence-corrected chi connectivity index (χ3v) is 4.26. The summed E-state index contributed by atoms with van der Waals surface area (Å²) in [6, 6.07) is 9.46. The predicted octanol–water partition coefficient (Wildman–Crippen LogP) is 2.49. The summed E-state index contributed by atoms with van der Waals surface area (Å²) in [7, 11) is 0. The zero-order valence-corrected chi connectivity index (χ0v) is 13.3. The van der Waals surface area contributed by atoms with Crippen LogP contribution in [-0.4, -0.2) is 33.3 Å². The molecule has 0 aliphatic rings. The molecule has 2 N–H and O–H groups in total. The van der Waals surface area contributed by atoms with Crippen LogP contribution in [0.3, 0.4) is 0 Å². The predicted molar refractivity (Wildman–Crippen MR) is 86.5 cm³/mol. The molecule has 0 saturated heterocycles. The maximum Gasteiger partial charge on any atom is 0.311 e. The molecule has 0 aliphatic carbocycles. The van der Waals surface area contributed by atoms with Gasteiger partial charge in [-0.2, -0.15) is 5.10 Å². The minimum Gasteiger partial charge on any atom is -0.481 e. The molecule has 0 spiro atoms. The monoisotopic (exact) mass is 315 g/mol. The fraction of sp³-hybridized carbons (Fsp3) is 0.353. The fourth-order valence-corrected chi connectivity index (χ4v) is 2.39. The SMILES string of the molecule is CCC(CC)(CNC(=O)c1cnn(-c2ccccc2)c1)C(=O)O. The normalized spacial score (nSPS) is 11.2. The van der Waals surface area contributed by atoms with E-state index < -0.39 is 11.4 Å². The molecule has 2 aromatic rings. The molecule has 0 saturated carbocycles. The smallest absolute Gasteiger partial charge is 0.311 e. The number of rotatable bonds is 7. The van der Waals surface area contributed by atoms with E-state index in [9.17, 15) is 14.7 Å². The topological polar surface area (TPSA) is 84.2 Å². The summed E-state index contributed by atoms with van der Waals surface area (Å²) in [6.07, 6.45) is 4.03. The lowest BCUT2D eigenvalue weighted by atomic mass is 9.82. The molecule has 1 heterocycles. The van der Waals surface area contributed by atoms with Crippen LogP contribution in [0.4, 0.5) is 0 Å². The second-order valence-electron chi connectivity index (χ2n) is 5.48. The number of carbonyl (C=O) groups excluding carboxylic acids is 1. The maximum absolute atomic E-state index is 12.2. The molecule has 0 unspecified atom stereocenters. The van der Waals surface area contributed by atoms with E-state index in [0.29, 0.717) is 18.4 Å². The Balaban J connectivity index is 2.07. The van der Waals surface area contributed by atoms with Crippen LogP contribution in [0.2, 0.25) is 0 Å². The zero-order chi connectivity index (χ0) is 16.9. The zero-order valence-electron chi connectivity index (χ0n) is 13.3. The van der Waals surface area contributed by atoms with Crippen molar-refractivity contribution >= 4 is 11.9 Å². The summed E-state index contributed by atoms with van der Waals surface area (Å²) < 4.78 is 1.61. The molecule has 23 heavy (non-hydrogen) atoms. The van der Waals surface area contributed by atoms with Crippen molar-refractivity contribution in [2.24, 2.45) is 5.41 Å². The quantitative estimate of drug-likeness (QED) is 0.822. The minimum absolute atomic E-state index is 0.102. The highest BCUT2D eigenvalue weighted by molar-refractivity contribution is 5.94. The number of aliphatic carboxylic acids is 1. The number of benzene rings is 1. The van der Waals surface area contributed by atoms with E-state index in [0.717, 1.165) is 5.69 Å². The Bertz CT molecular complexity index is 675. The first-order valence-electron chi connectivity index (χ1n) is 7.64. The Kier molecular flexibility index (Phi) is 5.16. The number of nitrogens with zero attached hydrogens (tertiary/aromatic N) is 2. The highest BCUT2D eigenvalue weighted by atomic mass is 16.4. The van der Waals surface area contributed by atoms with Crippen molar-refractivity contribution in [1.82, 2.24) is 15.1 Å². The standard InChI is InChI=1S/C17H21N3O3/c1-3-17(4-2,16(22)23)12-18-15(21)13-10-19-20(11-13)14-8-6-5-7-9-14/h5-11H,3-4,12H2,1-2H3,(H,18,21)(H,22,23). The van der Waals surface area contributed by atoms with E-state index in [1.807, 2.05) is 44.2 Å². The van der Waals surface area contributed by atoms with Gasteiger partial charge in [-0.25, -0.2) is 4.68 Å². The lowest BCUT2D eigenvalue weighted by Crippen LogP contribution is -2.42. The Morgan fingerprint density at radius 3 is 2.43 bits per heavy atom. The van der Waals surface area contributed by atoms with Crippen molar-refractivity contribution in [3.8, 4) is 5.69 Å². The average Bonchev–Trinajstić information content (AvgIpc) is 3.06. The van der Waals surface area contributed by atoms with Gasteiger partial charge in [-0.1, -0.05) is 32.0 Å². The molecule has 122 valence electrons. The van der Waals surface area contributed by atoms with Crippen molar-refractivity contribution in [2.75, 3.05) is 6.54 Å². The number of hydrogen-bond acceptors (Lipinski definition) is 3. The lowest BCUT2D eigenvalue weighted by molar-refractivity contribution is -0.149. The summed E-state index contributed by atoms with van der Waals surface area (Å²) in [5, 5.41) is 16.3. The fourth-order valence-electron chi connectivity index (χ4n) is 2.39. The number of carboxylic acids is 1. The third-order valence-electron chi connectivity index (χ3n) is 4.26. The van der Waals surface area contributed by atoms with Crippen molar-refractivity contribution < 1.29 is 14.7 Å². The molecule has 1 aromatic heterocycles. The molecular formula is C17H21N3O3. The Morgan fingerprint density at radius 1 is 1.22 bits per heavy atom. The number of para-hydroxylation sites is 1. The first-order chi connectivity index (χ1) is 11.0. The van der Waals surface area contributed by atoms with Crippen LogP contribution in [0.25, 0.3) is 5.69 Å². The van der Waals surface area contributed by atoms with E-state index in [1.54, 1.807) is 10.9 Å². The molecule has 1 aromatic carbocycles. The molecule has 2 rings (SSSR count). The van der Waals surface area contributed by atoms with E-state index in [-0.39, 0.29) is 12.5 Å². The number of carbonyl (C=O) groups is 2. The van der Waals surface area contributed by atoms with Crippen LogP contribution in [0.15, 0.2) is 42.7 Å². The van der Waals surface area contributed by atoms with Gasteiger partial charge in [0.2, 0.25) is 0 Å². The van der Waals surface area contributed by atoms with Gasteiger partial charge in [-0.05, 0) is 25.0 Å². The summed E-state index contributed by atoms with van der Waals surface area (Å²) in [5.41, 5.74) is 0.333. The molecule has 6 heteroatoms. The van der Waals surface area contributed by atoms with Crippen LogP contribution >= 0.6 is 0 Å². The van der Waals surface area contributed by atoms with Crippen LogP contribution in [-0.2, 0) is 4.79 Å². The average molecular weight is 315 g/mol. The molecule has 1 amide bonds. The summed E-state index contributed by atoms with van der Waals surface area (Å²) >= 11 is 0. The largest absolute Gasteiger partial charge is 0.481 e. The molecular weight excluding hydrogens is 294 g/mol. The van der Waals surface area contributed by atoms with Gasteiger partial charge in [-0.15, -0.1) is 0 Å². The van der Waals surface area contributed by atoms with E-state index in [1.165, 1.54) is 6.20 Å². The van der Waals surface area contributed by atoms with E-state index in [2.05, 4.69) is 10.4 Å². The van der Waals surface area contributed by atoms with Gasteiger partial charge in [0.15, 0.2) is 0 Å². The van der Waals surface area contributed by atoms with Gasteiger partial charge in [0.05, 0.1) is 22.9 Å². The molecule has 0 aliphatic heterocycles. The van der Waals surface area contributed by atoms with E-state index >= 15 is 0 Å². The van der Waals surface area contributed by atoms with Crippen molar-refractivity contribution in [1.29, 1.82) is 0 Å². The Morgan fingerprint density at radius 2 is 1.87 bits per heavy atom. The summed E-state index contributed by atoms with van der Waals surface area (Å²) in [5.74, 6) is -1.21. The van der Waals surface area contributed by atoms with Gasteiger partial charge in [0, 0.05) is 12.7 Å². The van der Waals surface area contributed by atoms with E-state index in [4.69, 9.17) is 0 Å². The minimum atomic E-state index is -0.926. The van der Waals surface area contributed by atoms with Gasteiger partial charge < -0.3 is 10.4 Å². The molecule has 0 radical (unpaired) electrons. The van der Waals surface area contributed by atoms with Gasteiger partial charge >= 0.3 is 5.97 Å². The van der Waals surface area contributed by atoms with Gasteiger partial charge in [0.25, 0.3) is 5.91 Å². The Labute approximate surface area is 135 Å². The highest BCUT2D eigenvalue weighted by Gasteiger charge is 2.35. The maximum atomic E-state index is 12.2. The first kappa shape index (κ1) is 16.7. The van der Waals surface area contributed by atoms with Crippen molar-refractivity contribution in [3.63, 3.8) is 0 Å². The second kappa shape index (κ2) is 7.09. The number of nitrogens with one attached hydrogen (secondary N) is 1. The van der Waals surface area contributed by atoms with Gasteiger partial charge in [0.1, 0.15) is 0 Å². The van der Waals surface area contributed by atoms with Crippen molar-refractivity contribution in [3.05, 3.63) is 48.3 Å². The summed E-state index contributed by atoms with van der Waals surface area (Å²) in [6.45, 7) is 3.74.